The van der Waals surface area contributed by atoms with Crippen molar-refractivity contribution in [1.29, 1.82) is 0 Å². The molecule has 0 spiro atoms. The number of rotatable bonds is 4. The van der Waals surface area contributed by atoms with Crippen LogP contribution in [0.3, 0.4) is 0 Å². The molecule has 0 bridgehead atoms. The number of hydrogen-bond donors (Lipinski definition) is 1. The lowest BCUT2D eigenvalue weighted by Crippen LogP contribution is -2.25. The number of carbonyl (C=O) groups excluding carboxylic acids is 1. The van der Waals surface area contributed by atoms with Gasteiger partial charge in [0.1, 0.15) is 0 Å². The largest absolute Gasteiger partial charge is 0.355 e. The highest BCUT2D eigenvalue weighted by Gasteiger charge is 2.15. The Labute approximate surface area is 107 Å². The van der Waals surface area contributed by atoms with E-state index in [2.05, 4.69) is 25.4 Å². The van der Waals surface area contributed by atoms with Gasteiger partial charge in [-0.3, -0.25) is 4.79 Å². The van der Waals surface area contributed by atoms with Crippen LogP contribution >= 0.6 is 11.8 Å². The van der Waals surface area contributed by atoms with Crippen molar-refractivity contribution in [2.45, 2.75) is 26.4 Å². The molecule has 1 heterocycles. The van der Waals surface area contributed by atoms with Crippen LogP contribution in [0.25, 0.3) is 0 Å². The number of aromatic nitrogens is 1. The van der Waals surface area contributed by atoms with Crippen LogP contribution in [0, 0.1) is 0 Å². The van der Waals surface area contributed by atoms with Crippen molar-refractivity contribution in [1.82, 2.24) is 9.88 Å². The van der Waals surface area contributed by atoms with E-state index >= 15 is 0 Å². The topological polar surface area (TPSA) is 37.3 Å². The van der Waals surface area contributed by atoms with Gasteiger partial charge in [0.15, 0.2) is 0 Å². The SMILES string of the molecule is CSC(=O)N(C)c1cn(C)cc1CNC(C)C. The molecule has 0 aromatic carbocycles. The summed E-state index contributed by atoms with van der Waals surface area (Å²) in [4.78, 5) is 13.4. The molecule has 0 aliphatic carbocycles. The molecule has 0 fully saturated rings. The quantitative estimate of drug-likeness (QED) is 0.898. The van der Waals surface area contributed by atoms with Crippen molar-refractivity contribution in [2.24, 2.45) is 7.05 Å². The van der Waals surface area contributed by atoms with Crippen LogP contribution in [0.15, 0.2) is 12.4 Å². The standard InChI is InChI=1S/C12H21N3OS/c1-9(2)13-6-10-7-14(3)8-11(10)15(4)12(16)17-5/h7-9,13H,6H2,1-5H3. The first-order chi connectivity index (χ1) is 7.95. The Balaban J connectivity index is 2.87. The Bertz CT molecular complexity index is 387. The van der Waals surface area contributed by atoms with Gasteiger partial charge < -0.3 is 14.8 Å². The molecule has 1 rings (SSSR count). The fourth-order valence-electron chi connectivity index (χ4n) is 1.61. The maximum atomic E-state index is 11.7. The minimum Gasteiger partial charge on any atom is -0.355 e. The third kappa shape index (κ3) is 3.78. The minimum absolute atomic E-state index is 0.0574. The van der Waals surface area contributed by atoms with Crippen molar-refractivity contribution in [3.63, 3.8) is 0 Å². The van der Waals surface area contributed by atoms with Gasteiger partial charge in [0.05, 0.1) is 5.69 Å². The number of nitrogens with one attached hydrogen (secondary N) is 1. The van der Waals surface area contributed by atoms with E-state index in [1.165, 1.54) is 11.8 Å². The number of nitrogens with zero attached hydrogens (tertiary/aromatic N) is 2. The summed E-state index contributed by atoms with van der Waals surface area (Å²) in [6.45, 7) is 5.00. The highest BCUT2D eigenvalue weighted by atomic mass is 32.2. The Morgan fingerprint density at radius 3 is 2.71 bits per heavy atom. The third-order valence-corrected chi connectivity index (χ3v) is 3.15. The van der Waals surface area contributed by atoms with Gasteiger partial charge >= 0.3 is 0 Å². The van der Waals surface area contributed by atoms with Gasteiger partial charge in [-0.2, -0.15) is 0 Å². The van der Waals surface area contributed by atoms with Crippen LogP contribution in [-0.2, 0) is 13.6 Å². The lowest BCUT2D eigenvalue weighted by molar-refractivity contribution is 0.266. The molecule has 4 nitrogen and oxygen atoms in total. The second-order valence-electron chi connectivity index (χ2n) is 4.40. The van der Waals surface area contributed by atoms with Crippen LogP contribution in [0.5, 0.6) is 0 Å². The summed E-state index contributed by atoms with van der Waals surface area (Å²) >= 11 is 1.23. The monoisotopic (exact) mass is 255 g/mol. The van der Waals surface area contributed by atoms with Gasteiger partial charge in [0.25, 0.3) is 5.24 Å². The Kier molecular flexibility index (Phi) is 5.08. The lowest BCUT2D eigenvalue weighted by atomic mass is 10.2. The van der Waals surface area contributed by atoms with Gasteiger partial charge in [-0.15, -0.1) is 0 Å². The smallest absolute Gasteiger partial charge is 0.285 e. The van der Waals surface area contributed by atoms with E-state index in [-0.39, 0.29) is 5.24 Å². The summed E-state index contributed by atoms with van der Waals surface area (Å²) in [6, 6.07) is 0.435. The van der Waals surface area contributed by atoms with Crippen molar-refractivity contribution in [2.75, 3.05) is 18.2 Å². The maximum absolute atomic E-state index is 11.7. The van der Waals surface area contributed by atoms with Crippen LogP contribution in [-0.4, -0.2) is 29.2 Å². The predicted molar refractivity (Wildman–Crippen MR) is 74.7 cm³/mol. The van der Waals surface area contributed by atoms with Crippen LogP contribution in [0.4, 0.5) is 10.5 Å². The van der Waals surface area contributed by atoms with Crippen molar-refractivity contribution < 1.29 is 4.79 Å². The molecule has 0 unspecified atom stereocenters. The molecule has 0 saturated carbocycles. The highest BCUT2D eigenvalue weighted by molar-refractivity contribution is 8.13. The molecule has 17 heavy (non-hydrogen) atoms. The molecule has 0 radical (unpaired) electrons. The molecule has 0 aliphatic rings. The van der Waals surface area contributed by atoms with Gasteiger partial charge in [-0.1, -0.05) is 25.6 Å². The normalized spacial score (nSPS) is 10.9. The predicted octanol–water partition coefficient (Wildman–Crippen LogP) is 2.44. The van der Waals surface area contributed by atoms with E-state index in [4.69, 9.17) is 0 Å². The van der Waals surface area contributed by atoms with E-state index in [1.807, 2.05) is 24.9 Å². The molecule has 1 aromatic heterocycles. The number of carbonyl (C=O) groups is 1. The fraction of sp³-hybridized carbons (Fsp3) is 0.583. The van der Waals surface area contributed by atoms with Crippen molar-refractivity contribution in [3.8, 4) is 0 Å². The lowest BCUT2D eigenvalue weighted by Gasteiger charge is -2.17. The molecule has 1 amide bonds. The zero-order valence-corrected chi connectivity index (χ0v) is 12.0. The van der Waals surface area contributed by atoms with Gasteiger partial charge in [0.2, 0.25) is 0 Å². The molecule has 5 heteroatoms. The van der Waals surface area contributed by atoms with Gasteiger partial charge in [-0.25, -0.2) is 0 Å². The second kappa shape index (κ2) is 6.12. The molecule has 0 atom stereocenters. The number of amides is 1. The number of aryl methyl sites for hydroxylation is 1. The average Bonchev–Trinajstić information content (AvgIpc) is 2.65. The van der Waals surface area contributed by atoms with Crippen LogP contribution in [0.1, 0.15) is 19.4 Å². The van der Waals surface area contributed by atoms with Crippen LogP contribution < -0.4 is 10.2 Å². The van der Waals surface area contributed by atoms with Gasteiger partial charge in [-0.05, 0) is 6.26 Å². The van der Waals surface area contributed by atoms with E-state index < -0.39 is 0 Å². The summed E-state index contributed by atoms with van der Waals surface area (Å²) < 4.78 is 1.98. The van der Waals surface area contributed by atoms with Crippen molar-refractivity contribution in [3.05, 3.63) is 18.0 Å². The molecule has 1 N–H and O–H groups in total. The second-order valence-corrected chi connectivity index (χ2v) is 5.16. The first kappa shape index (κ1) is 14.1. The summed E-state index contributed by atoms with van der Waals surface area (Å²) in [5.41, 5.74) is 2.12. The van der Waals surface area contributed by atoms with Crippen molar-refractivity contribution >= 4 is 22.7 Å². The van der Waals surface area contributed by atoms with E-state index in [9.17, 15) is 4.79 Å². The fourth-order valence-corrected chi connectivity index (χ4v) is 1.98. The molecule has 1 aromatic rings. The zero-order valence-electron chi connectivity index (χ0n) is 11.2. The molecule has 96 valence electrons. The molecular weight excluding hydrogens is 234 g/mol. The van der Waals surface area contributed by atoms with Crippen LogP contribution in [0.2, 0.25) is 0 Å². The summed E-state index contributed by atoms with van der Waals surface area (Å²) in [5, 5.41) is 3.43. The highest BCUT2D eigenvalue weighted by Crippen LogP contribution is 2.22. The number of thioether (sulfide) groups is 1. The summed E-state index contributed by atoms with van der Waals surface area (Å²) in [6.07, 6.45) is 5.83. The maximum Gasteiger partial charge on any atom is 0.285 e. The van der Waals surface area contributed by atoms with E-state index in [0.29, 0.717) is 6.04 Å². The average molecular weight is 255 g/mol. The number of hydrogen-bond acceptors (Lipinski definition) is 3. The molecular formula is C12H21N3OS. The Hall–Kier alpha value is -0.940. The first-order valence-corrected chi connectivity index (χ1v) is 6.88. The molecule has 0 saturated heterocycles. The Morgan fingerprint density at radius 1 is 1.53 bits per heavy atom. The number of anilines is 1. The van der Waals surface area contributed by atoms with E-state index in [1.54, 1.807) is 11.2 Å². The zero-order chi connectivity index (χ0) is 13.0. The minimum atomic E-state index is 0.0574. The summed E-state index contributed by atoms with van der Waals surface area (Å²) in [7, 11) is 3.78. The molecule has 0 aliphatic heterocycles. The first-order valence-electron chi connectivity index (χ1n) is 5.65. The van der Waals surface area contributed by atoms with Gasteiger partial charge in [0, 0.05) is 44.6 Å². The van der Waals surface area contributed by atoms with E-state index in [0.717, 1.165) is 17.8 Å². The third-order valence-electron chi connectivity index (χ3n) is 2.52. The summed E-state index contributed by atoms with van der Waals surface area (Å²) in [5.74, 6) is 0. The Morgan fingerprint density at radius 2 is 2.18 bits per heavy atom.